The van der Waals surface area contributed by atoms with Crippen molar-refractivity contribution in [1.29, 1.82) is 0 Å². The van der Waals surface area contributed by atoms with Crippen LogP contribution in [0.25, 0.3) is 0 Å². The number of esters is 1. The molecule has 100 valence electrons. The monoisotopic (exact) mass is 270 g/mol. The number of carbonyl (C=O) groups is 1. The fourth-order valence-electron chi connectivity index (χ4n) is 1.42. The summed E-state index contributed by atoms with van der Waals surface area (Å²) in [4.78, 5) is 11.6. The van der Waals surface area contributed by atoms with E-state index in [1.54, 1.807) is 25.3 Å². The maximum Gasteiger partial charge on any atom is 0.341 e. The van der Waals surface area contributed by atoms with Crippen molar-refractivity contribution in [3.05, 3.63) is 23.8 Å². The van der Waals surface area contributed by atoms with Crippen molar-refractivity contribution < 1.29 is 19.0 Å². The van der Waals surface area contributed by atoms with Crippen LogP contribution in [-0.2, 0) is 4.74 Å². The summed E-state index contributed by atoms with van der Waals surface area (Å²) in [5.74, 6) is 1.54. The normalized spacial score (nSPS) is 9.94. The SMILES string of the molecule is COC(=O)c1ccc(OC)cc1OCCCCS. The van der Waals surface area contributed by atoms with Gasteiger partial charge in [-0.3, -0.25) is 0 Å². The fraction of sp³-hybridized carbons (Fsp3) is 0.462. The van der Waals surface area contributed by atoms with Crippen molar-refractivity contribution in [3.63, 3.8) is 0 Å². The predicted molar refractivity (Wildman–Crippen MR) is 72.9 cm³/mol. The highest BCUT2D eigenvalue weighted by Gasteiger charge is 2.14. The first kappa shape index (κ1) is 14.7. The molecule has 0 aromatic heterocycles. The molecule has 18 heavy (non-hydrogen) atoms. The number of rotatable bonds is 7. The minimum absolute atomic E-state index is 0.407. The second-order valence-corrected chi connectivity index (χ2v) is 4.08. The topological polar surface area (TPSA) is 44.8 Å². The Morgan fingerprint density at radius 3 is 2.67 bits per heavy atom. The fourth-order valence-corrected chi connectivity index (χ4v) is 1.65. The summed E-state index contributed by atoms with van der Waals surface area (Å²) in [6, 6.07) is 5.03. The molecule has 0 aliphatic rings. The van der Waals surface area contributed by atoms with Gasteiger partial charge in [0.1, 0.15) is 17.1 Å². The van der Waals surface area contributed by atoms with Crippen molar-refractivity contribution in [2.75, 3.05) is 26.6 Å². The van der Waals surface area contributed by atoms with Crippen molar-refractivity contribution in [2.24, 2.45) is 0 Å². The van der Waals surface area contributed by atoms with Crippen LogP contribution in [0.4, 0.5) is 0 Å². The van der Waals surface area contributed by atoms with Gasteiger partial charge < -0.3 is 14.2 Å². The average Bonchev–Trinajstić information content (AvgIpc) is 2.42. The van der Waals surface area contributed by atoms with Gasteiger partial charge in [0.25, 0.3) is 0 Å². The molecule has 0 saturated carbocycles. The van der Waals surface area contributed by atoms with Gasteiger partial charge in [-0.1, -0.05) is 0 Å². The average molecular weight is 270 g/mol. The predicted octanol–water partition coefficient (Wildman–Crippen LogP) is 2.57. The standard InChI is InChI=1S/C13H18O4S/c1-15-10-5-6-11(13(14)16-2)12(9-10)17-7-3-4-8-18/h5-6,9,18H,3-4,7-8H2,1-2H3. The maximum atomic E-state index is 11.6. The van der Waals surface area contributed by atoms with Crippen LogP contribution in [-0.4, -0.2) is 32.5 Å². The van der Waals surface area contributed by atoms with Gasteiger partial charge >= 0.3 is 5.97 Å². The summed E-state index contributed by atoms with van der Waals surface area (Å²) >= 11 is 4.13. The highest BCUT2D eigenvalue weighted by molar-refractivity contribution is 7.80. The maximum absolute atomic E-state index is 11.6. The van der Waals surface area contributed by atoms with E-state index in [4.69, 9.17) is 14.2 Å². The smallest absolute Gasteiger partial charge is 0.341 e. The van der Waals surface area contributed by atoms with Gasteiger partial charge in [-0.25, -0.2) is 4.79 Å². The minimum atomic E-state index is -0.415. The van der Waals surface area contributed by atoms with E-state index >= 15 is 0 Å². The second-order valence-electron chi connectivity index (χ2n) is 3.63. The molecule has 1 rings (SSSR count). The Morgan fingerprint density at radius 2 is 2.06 bits per heavy atom. The molecule has 0 heterocycles. The molecule has 0 bridgehead atoms. The molecule has 0 radical (unpaired) electrons. The Morgan fingerprint density at radius 1 is 1.28 bits per heavy atom. The summed E-state index contributed by atoms with van der Waals surface area (Å²) in [7, 11) is 2.91. The van der Waals surface area contributed by atoms with Crippen LogP contribution in [0.5, 0.6) is 11.5 Å². The Labute approximate surface area is 113 Å². The largest absolute Gasteiger partial charge is 0.497 e. The van der Waals surface area contributed by atoms with E-state index in [0.29, 0.717) is 23.7 Å². The van der Waals surface area contributed by atoms with Crippen LogP contribution in [0.15, 0.2) is 18.2 Å². The molecule has 0 fully saturated rings. The number of thiol groups is 1. The number of carbonyl (C=O) groups excluding carboxylic acids is 1. The lowest BCUT2D eigenvalue weighted by atomic mass is 10.2. The number of hydrogen-bond acceptors (Lipinski definition) is 5. The number of benzene rings is 1. The zero-order chi connectivity index (χ0) is 13.4. The molecule has 0 amide bonds. The first-order chi connectivity index (χ1) is 8.72. The van der Waals surface area contributed by atoms with Gasteiger partial charge in [-0.05, 0) is 30.7 Å². The Hall–Kier alpha value is -1.36. The van der Waals surface area contributed by atoms with E-state index in [0.717, 1.165) is 18.6 Å². The lowest BCUT2D eigenvalue weighted by Crippen LogP contribution is -2.07. The zero-order valence-corrected chi connectivity index (χ0v) is 11.5. The summed E-state index contributed by atoms with van der Waals surface area (Å²) in [5, 5.41) is 0. The van der Waals surface area contributed by atoms with Crippen LogP contribution in [0.2, 0.25) is 0 Å². The van der Waals surface area contributed by atoms with E-state index in [1.165, 1.54) is 7.11 Å². The van der Waals surface area contributed by atoms with E-state index in [9.17, 15) is 4.79 Å². The van der Waals surface area contributed by atoms with Crippen LogP contribution in [0, 0.1) is 0 Å². The van der Waals surface area contributed by atoms with Gasteiger partial charge in [0.2, 0.25) is 0 Å². The molecule has 4 nitrogen and oxygen atoms in total. The van der Waals surface area contributed by atoms with E-state index in [1.807, 2.05) is 0 Å². The van der Waals surface area contributed by atoms with Crippen molar-refractivity contribution in [2.45, 2.75) is 12.8 Å². The molecule has 0 unspecified atom stereocenters. The molecule has 0 aliphatic carbocycles. The Balaban J connectivity index is 2.79. The molecule has 1 aromatic rings. The van der Waals surface area contributed by atoms with Gasteiger partial charge in [-0.15, -0.1) is 0 Å². The van der Waals surface area contributed by atoms with Crippen molar-refractivity contribution in [3.8, 4) is 11.5 Å². The van der Waals surface area contributed by atoms with Gasteiger partial charge in [0.05, 0.1) is 20.8 Å². The molecule has 0 atom stereocenters. The first-order valence-electron chi connectivity index (χ1n) is 5.73. The molecule has 0 spiro atoms. The van der Waals surface area contributed by atoms with Gasteiger partial charge in [-0.2, -0.15) is 12.6 Å². The Kier molecular flexibility index (Phi) is 6.43. The highest BCUT2D eigenvalue weighted by Crippen LogP contribution is 2.25. The van der Waals surface area contributed by atoms with Crippen LogP contribution in [0.1, 0.15) is 23.2 Å². The van der Waals surface area contributed by atoms with Crippen LogP contribution >= 0.6 is 12.6 Å². The summed E-state index contributed by atoms with van der Waals surface area (Å²) in [6.45, 7) is 0.539. The number of unbranched alkanes of at least 4 members (excludes halogenated alkanes) is 1. The molecular weight excluding hydrogens is 252 g/mol. The van der Waals surface area contributed by atoms with Crippen molar-refractivity contribution in [1.82, 2.24) is 0 Å². The molecule has 5 heteroatoms. The quantitative estimate of drug-likeness (QED) is 0.470. The first-order valence-corrected chi connectivity index (χ1v) is 6.36. The minimum Gasteiger partial charge on any atom is -0.497 e. The third kappa shape index (κ3) is 4.14. The molecule has 0 aliphatic heterocycles. The van der Waals surface area contributed by atoms with E-state index in [-0.39, 0.29) is 0 Å². The molecule has 0 saturated heterocycles. The molecule has 0 N–H and O–H groups in total. The number of hydrogen-bond donors (Lipinski definition) is 1. The van der Waals surface area contributed by atoms with Gasteiger partial charge in [0.15, 0.2) is 0 Å². The lowest BCUT2D eigenvalue weighted by Gasteiger charge is -2.11. The third-order valence-electron chi connectivity index (χ3n) is 2.40. The summed E-state index contributed by atoms with van der Waals surface area (Å²) in [5.41, 5.74) is 0.407. The highest BCUT2D eigenvalue weighted by atomic mass is 32.1. The number of ether oxygens (including phenoxy) is 3. The lowest BCUT2D eigenvalue weighted by molar-refractivity contribution is 0.0596. The van der Waals surface area contributed by atoms with E-state index < -0.39 is 5.97 Å². The molecular formula is C13H18O4S. The summed E-state index contributed by atoms with van der Waals surface area (Å²) < 4.78 is 15.4. The second kappa shape index (κ2) is 7.87. The third-order valence-corrected chi connectivity index (χ3v) is 2.72. The van der Waals surface area contributed by atoms with Crippen LogP contribution < -0.4 is 9.47 Å². The summed E-state index contributed by atoms with van der Waals surface area (Å²) in [6.07, 6.45) is 1.86. The van der Waals surface area contributed by atoms with Gasteiger partial charge in [0, 0.05) is 6.07 Å². The Bertz CT molecular complexity index is 393. The van der Waals surface area contributed by atoms with Crippen molar-refractivity contribution >= 4 is 18.6 Å². The zero-order valence-electron chi connectivity index (χ0n) is 10.6. The van der Waals surface area contributed by atoms with Crippen LogP contribution in [0.3, 0.4) is 0 Å². The van der Waals surface area contributed by atoms with E-state index in [2.05, 4.69) is 12.6 Å². The molecule has 1 aromatic carbocycles. The number of methoxy groups -OCH3 is 2.